The Hall–Kier alpha value is -2.97. The second-order valence-electron chi connectivity index (χ2n) is 9.35. The van der Waals surface area contributed by atoms with E-state index in [0.717, 1.165) is 29.8 Å². The summed E-state index contributed by atoms with van der Waals surface area (Å²) in [6.07, 6.45) is 3.43. The van der Waals surface area contributed by atoms with Crippen LogP contribution in [0.1, 0.15) is 52.0 Å². The number of urea groups is 1. The first-order valence-electron chi connectivity index (χ1n) is 10.3. The molecule has 1 aromatic rings. The first-order valence-corrected chi connectivity index (χ1v) is 10.3. The van der Waals surface area contributed by atoms with Gasteiger partial charge in [-0.15, -0.1) is 0 Å². The van der Waals surface area contributed by atoms with Crippen molar-refractivity contribution in [2.24, 2.45) is 5.41 Å². The number of nitro groups is 1. The van der Waals surface area contributed by atoms with Gasteiger partial charge in [0.15, 0.2) is 5.41 Å². The van der Waals surface area contributed by atoms with Crippen LogP contribution in [-0.2, 0) is 16.0 Å². The summed E-state index contributed by atoms with van der Waals surface area (Å²) in [5.74, 6) is -1.12. The second-order valence-corrected chi connectivity index (χ2v) is 9.35. The van der Waals surface area contributed by atoms with E-state index in [9.17, 15) is 24.5 Å². The number of barbiturate groups is 1. The van der Waals surface area contributed by atoms with Gasteiger partial charge in [-0.1, -0.05) is 12.8 Å². The smallest absolute Gasteiger partial charge is 0.331 e. The predicted octanol–water partition coefficient (Wildman–Crippen LogP) is 2.76. The molecule has 4 amide bonds. The van der Waals surface area contributed by atoms with E-state index in [1.807, 2.05) is 0 Å². The molecule has 2 atom stereocenters. The normalized spacial score (nSPS) is 26.8. The summed E-state index contributed by atoms with van der Waals surface area (Å²) in [7, 11) is 0. The molecule has 1 N–H and O–H groups in total. The van der Waals surface area contributed by atoms with E-state index < -0.39 is 39.8 Å². The third kappa shape index (κ3) is 2.86. The van der Waals surface area contributed by atoms with E-state index in [2.05, 4.69) is 10.2 Å². The quantitative estimate of drug-likeness (QED) is 0.429. The molecule has 3 heterocycles. The van der Waals surface area contributed by atoms with E-state index in [4.69, 9.17) is 0 Å². The Bertz CT molecular complexity index is 953. The minimum Gasteiger partial charge on any atom is -0.367 e. The zero-order chi connectivity index (χ0) is 21.8. The van der Waals surface area contributed by atoms with Crippen molar-refractivity contribution < 1.29 is 19.3 Å². The van der Waals surface area contributed by atoms with Crippen LogP contribution in [0.2, 0.25) is 0 Å². The highest BCUT2D eigenvalue weighted by molar-refractivity contribution is 6.20. The zero-order valence-corrected chi connectivity index (χ0v) is 17.4. The number of imide groups is 2. The van der Waals surface area contributed by atoms with Crippen LogP contribution in [0, 0.1) is 15.5 Å². The average Bonchev–Trinajstić information content (AvgIpc) is 2.91. The van der Waals surface area contributed by atoms with Crippen LogP contribution in [0.3, 0.4) is 0 Å². The molecule has 0 saturated carbocycles. The monoisotopic (exact) mass is 414 g/mol. The fourth-order valence-corrected chi connectivity index (χ4v) is 5.15. The van der Waals surface area contributed by atoms with Crippen LogP contribution in [0.15, 0.2) is 18.2 Å². The molecule has 0 radical (unpaired) electrons. The minimum absolute atomic E-state index is 0.0374. The van der Waals surface area contributed by atoms with E-state index in [-0.39, 0.29) is 12.1 Å². The molecule has 3 aliphatic rings. The number of hydrogen-bond acceptors (Lipinski definition) is 6. The van der Waals surface area contributed by atoms with E-state index >= 15 is 0 Å². The van der Waals surface area contributed by atoms with Gasteiger partial charge in [-0.05, 0) is 45.2 Å². The SMILES string of the molecule is CC(C)(C)N1C(=O)NC(=O)[C@@]2(Cc3cc([N+](=O)[O-])ccc3N3CCCCC[C@H]32)C1=O. The van der Waals surface area contributed by atoms with Crippen LogP contribution < -0.4 is 10.2 Å². The third-order valence-corrected chi connectivity index (χ3v) is 6.46. The first kappa shape index (κ1) is 20.3. The van der Waals surface area contributed by atoms with Gasteiger partial charge in [-0.2, -0.15) is 0 Å². The topological polar surface area (TPSA) is 113 Å². The molecule has 9 nitrogen and oxygen atoms in total. The molecular weight excluding hydrogens is 388 g/mol. The number of benzene rings is 1. The Morgan fingerprint density at radius 2 is 1.90 bits per heavy atom. The van der Waals surface area contributed by atoms with E-state index in [0.29, 0.717) is 18.5 Å². The highest BCUT2D eigenvalue weighted by Gasteiger charge is 2.63. The Balaban J connectivity index is 1.92. The van der Waals surface area contributed by atoms with Crippen LogP contribution in [0.5, 0.6) is 0 Å². The number of non-ortho nitro benzene ring substituents is 1. The number of amides is 4. The number of fused-ring (bicyclic) bond motifs is 4. The van der Waals surface area contributed by atoms with Crippen molar-refractivity contribution >= 4 is 29.2 Å². The molecular formula is C21H26N4O5. The molecule has 0 bridgehead atoms. The van der Waals surface area contributed by atoms with Gasteiger partial charge in [-0.3, -0.25) is 29.9 Å². The minimum atomic E-state index is -1.49. The zero-order valence-electron chi connectivity index (χ0n) is 17.4. The van der Waals surface area contributed by atoms with Gasteiger partial charge in [0.1, 0.15) is 0 Å². The van der Waals surface area contributed by atoms with Crippen molar-refractivity contribution in [1.29, 1.82) is 0 Å². The molecule has 0 unspecified atom stereocenters. The highest BCUT2D eigenvalue weighted by Crippen LogP contribution is 2.48. The summed E-state index contributed by atoms with van der Waals surface area (Å²) in [6.45, 7) is 5.91. The summed E-state index contributed by atoms with van der Waals surface area (Å²) in [6, 6.07) is 3.52. The standard InChI is InChI=1S/C21H26N4O5/c1-20(2,3)24-18(27)21(17(26)22-19(24)28)12-13-11-14(25(29)30)8-9-15(13)23-10-6-4-5-7-16(21)23/h8-9,11,16H,4-7,10,12H2,1-3H3,(H,22,26,28)/t16-,21-/m0/s1. The summed E-state index contributed by atoms with van der Waals surface area (Å²) >= 11 is 0. The molecule has 160 valence electrons. The Kier molecular flexibility index (Phi) is 4.59. The van der Waals surface area contributed by atoms with Crippen LogP contribution in [-0.4, -0.2) is 45.8 Å². The van der Waals surface area contributed by atoms with Crippen molar-refractivity contribution in [3.8, 4) is 0 Å². The number of nitrogens with zero attached hydrogens (tertiary/aromatic N) is 3. The number of rotatable bonds is 1. The van der Waals surface area contributed by atoms with Gasteiger partial charge >= 0.3 is 6.03 Å². The van der Waals surface area contributed by atoms with Crippen molar-refractivity contribution in [3.05, 3.63) is 33.9 Å². The number of nitro benzene ring substituents is 1. The molecule has 0 aliphatic carbocycles. The van der Waals surface area contributed by atoms with Crippen molar-refractivity contribution in [1.82, 2.24) is 10.2 Å². The molecule has 3 aliphatic heterocycles. The maximum absolute atomic E-state index is 13.8. The summed E-state index contributed by atoms with van der Waals surface area (Å²) < 4.78 is 0. The van der Waals surface area contributed by atoms with Crippen LogP contribution in [0.25, 0.3) is 0 Å². The molecule has 2 fully saturated rings. The Morgan fingerprint density at radius 1 is 1.17 bits per heavy atom. The fraction of sp³-hybridized carbons (Fsp3) is 0.571. The average molecular weight is 414 g/mol. The summed E-state index contributed by atoms with van der Waals surface area (Å²) in [5.41, 5.74) is -0.960. The van der Waals surface area contributed by atoms with Crippen LogP contribution in [0.4, 0.5) is 16.2 Å². The van der Waals surface area contributed by atoms with Gasteiger partial charge < -0.3 is 4.90 Å². The van der Waals surface area contributed by atoms with Crippen molar-refractivity contribution in [3.63, 3.8) is 0 Å². The van der Waals surface area contributed by atoms with Crippen molar-refractivity contribution in [2.75, 3.05) is 11.4 Å². The van der Waals surface area contributed by atoms with Gasteiger partial charge in [-0.25, -0.2) is 4.79 Å². The number of nitrogens with one attached hydrogen (secondary N) is 1. The number of carbonyl (C=O) groups excluding carboxylic acids is 3. The maximum Gasteiger partial charge on any atom is 0.331 e. The molecule has 0 aromatic heterocycles. The van der Waals surface area contributed by atoms with Gasteiger partial charge in [0.05, 0.1) is 11.0 Å². The number of carbonyl (C=O) groups is 3. The molecule has 4 rings (SSSR count). The molecule has 9 heteroatoms. The lowest BCUT2D eigenvalue weighted by Crippen LogP contribution is -2.74. The third-order valence-electron chi connectivity index (χ3n) is 6.46. The number of hydrogen-bond donors (Lipinski definition) is 1. The lowest BCUT2D eigenvalue weighted by molar-refractivity contribution is -0.384. The lowest BCUT2D eigenvalue weighted by Gasteiger charge is -2.53. The number of anilines is 1. The summed E-state index contributed by atoms with van der Waals surface area (Å²) in [5, 5.41) is 13.8. The van der Waals surface area contributed by atoms with Crippen LogP contribution >= 0.6 is 0 Å². The maximum atomic E-state index is 13.8. The summed E-state index contributed by atoms with van der Waals surface area (Å²) in [4.78, 5) is 53.8. The van der Waals surface area contributed by atoms with E-state index in [1.165, 1.54) is 12.1 Å². The highest BCUT2D eigenvalue weighted by atomic mass is 16.6. The van der Waals surface area contributed by atoms with Gasteiger partial charge in [0.25, 0.3) is 5.69 Å². The molecule has 1 aromatic carbocycles. The van der Waals surface area contributed by atoms with Crippen molar-refractivity contribution in [2.45, 2.75) is 64.5 Å². The van der Waals surface area contributed by atoms with E-state index in [1.54, 1.807) is 26.8 Å². The Morgan fingerprint density at radius 3 is 2.57 bits per heavy atom. The second kappa shape index (κ2) is 6.78. The molecule has 1 spiro atoms. The predicted molar refractivity (Wildman–Crippen MR) is 109 cm³/mol. The largest absolute Gasteiger partial charge is 0.367 e. The van der Waals surface area contributed by atoms with Gasteiger partial charge in [0.2, 0.25) is 11.8 Å². The fourth-order valence-electron chi connectivity index (χ4n) is 5.15. The molecule has 30 heavy (non-hydrogen) atoms. The lowest BCUT2D eigenvalue weighted by atomic mass is 9.67. The Labute approximate surface area is 174 Å². The molecule has 2 saturated heterocycles. The van der Waals surface area contributed by atoms with Gasteiger partial charge in [0, 0.05) is 36.3 Å². The first-order chi connectivity index (χ1) is 14.1.